The Kier molecular flexibility index (Phi) is 6.44. The Hall–Kier alpha value is -3.49. The van der Waals surface area contributed by atoms with Gasteiger partial charge in [-0.15, -0.1) is 10.2 Å². The first kappa shape index (κ1) is 26.1. The van der Waals surface area contributed by atoms with Crippen LogP contribution < -0.4 is 5.73 Å². The molecule has 0 amide bonds. The SMILES string of the molecule is Cn1nnc(C(N)(Cc2cc(C(F)(F)F)cc(C(F)(F)F)c2)c2cc(C(F)(F)F)ccc2C=O)n1. The Labute approximate surface area is 190 Å². The van der Waals surface area contributed by atoms with Crippen LogP contribution in [0, 0.1) is 0 Å². The maximum Gasteiger partial charge on any atom is 0.416 e. The number of aryl methyl sites for hydroxylation is 1. The molecule has 1 aromatic heterocycles. The van der Waals surface area contributed by atoms with E-state index in [9.17, 15) is 44.3 Å². The molecule has 0 saturated carbocycles. The minimum Gasteiger partial charge on any atom is -0.315 e. The van der Waals surface area contributed by atoms with Gasteiger partial charge in [-0.25, -0.2) is 0 Å². The zero-order chi connectivity index (χ0) is 26.4. The standard InChI is InChI=1S/C20H14F9N5O/c1-34-32-16(31-33-34)17(30,15-7-12(18(21,22)23)3-2-11(15)9-35)8-10-4-13(19(24,25)26)6-14(5-10)20(27,28)29/h2-7,9H,8,30H2,1H3. The summed E-state index contributed by atoms with van der Waals surface area (Å²) in [7, 11) is 1.25. The molecule has 2 aromatic carbocycles. The van der Waals surface area contributed by atoms with Crippen LogP contribution in [0.15, 0.2) is 36.4 Å². The number of carbonyl (C=O) groups excluding carboxylic acids is 1. The van der Waals surface area contributed by atoms with E-state index < -0.39 is 69.7 Å². The molecule has 0 fully saturated rings. The fourth-order valence-electron chi connectivity index (χ4n) is 3.42. The molecular formula is C20H14F9N5O. The Bertz CT molecular complexity index is 1210. The molecule has 0 bridgehead atoms. The van der Waals surface area contributed by atoms with Crippen molar-refractivity contribution in [3.63, 3.8) is 0 Å². The van der Waals surface area contributed by atoms with Crippen LogP contribution in [0.3, 0.4) is 0 Å². The summed E-state index contributed by atoms with van der Waals surface area (Å²) in [5, 5.41) is 10.9. The summed E-state index contributed by atoms with van der Waals surface area (Å²) in [6, 6.07) is 2.46. The minimum absolute atomic E-state index is 0.108. The van der Waals surface area contributed by atoms with E-state index in [0.29, 0.717) is 24.3 Å². The summed E-state index contributed by atoms with van der Waals surface area (Å²) >= 11 is 0. The highest BCUT2D eigenvalue weighted by molar-refractivity contribution is 5.78. The molecule has 0 spiro atoms. The van der Waals surface area contributed by atoms with E-state index in [1.54, 1.807) is 0 Å². The third-order valence-corrected chi connectivity index (χ3v) is 5.03. The molecule has 0 aliphatic carbocycles. The highest BCUT2D eigenvalue weighted by Crippen LogP contribution is 2.40. The van der Waals surface area contributed by atoms with Gasteiger partial charge in [0.05, 0.1) is 23.7 Å². The number of benzene rings is 2. The minimum atomic E-state index is -5.18. The Morgan fingerprint density at radius 2 is 1.40 bits per heavy atom. The number of aromatic nitrogens is 4. The first-order valence-corrected chi connectivity index (χ1v) is 9.44. The van der Waals surface area contributed by atoms with E-state index in [2.05, 4.69) is 15.4 Å². The number of halogens is 9. The van der Waals surface area contributed by atoms with Crippen molar-refractivity contribution < 1.29 is 44.3 Å². The van der Waals surface area contributed by atoms with Gasteiger partial charge in [0, 0.05) is 12.0 Å². The molecule has 1 heterocycles. The molecule has 3 rings (SSSR count). The van der Waals surface area contributed by atoms with Crippen LogP contribution in [0.2, 0.25) is 0 Å². The number of alkyl halides is 9. The molecule has 35 heavy (non-hydrogen) atoms. The van der Waals surface area contributed by atoms with Gasteiger partial charge in [0.2, 0.25) is 0 Å². The summed E-state index contributed by atoms with van der Waals surface area (Å²) in [4.78, 5) is 12.4. The lowest BCUT2D eigenvalue weighted by molar-refractivity contribution is -0.143. The number of nitrogens with zero attached hydrogens (tertiary/aromatic N) is 4. The van der Waals surface area contributed by atoms with Crippen LogP contribution in [0.25, 0.3) is 0 Å². The quantitative estimate of drug-likeness (QED) is 0.402. The summed E-state index contributed by atoms with van der Waals surface area (Å²) < 4.78 is 120. The van der Waals surface area contributed by atoms with E-state index in [4.69, 9.17) is 5.73 Å². The van der Waals surface area contributed by atoms with Crippen molar-refractivity contribution in [3.8, 4) is 0 Å². The van der Waals surface area contributed by atoms with Crippen LogP contribution in [0.1, 0.15) is 44.0 Å². The molecule has 0 aliphatic rings. The van der Waals surface area contributed by atoms with E-state index >= 15 is 0 Å². The van der Waals surface area contributed by atoms with Gasteiger partial charge in [-0.2, -0.15) is 44.3 Å². The van der Waals surface area contributed by atoms with Gasteiger partial charge in [-0.3, -0.25) is 4.79 Å². The van der Waals surface area contributed by atoms with E-state index in [-0.39, 0.29) is 12.4 Å². The summed E-state index contributed by atoms with van der Waals surface area (Å²) in [6.07, 6.45) is -16.1. The maximum absolute atomic E-state index is 13.4. The molecule has 188 valence electrons. The highest BCUT2D eigenvalue weighted by atomic mass is 19.4. The second-order valence-electron chi connectivity index (χ2n) is 7.58. The predicted octanol–water partition coefficient (Wildman–Crippen LogP) is 4.52. The van der Waals surface area contributed by atoms with Crippen molar-refractivity contribution in [2.24, 2.45) is 12.8 Å². The first-order chi connectivity index (χ1) is 15.9. The number of rotatable bonds is 5. The number of hydrogen-bond donors (Lipinski definition) is 1. The molecule has 0 saturated heterocycles. The van der Waals surface area contributed by atoms with Crippen molar-refractivity contribution in [3.05, 3.63) is 75.6 Å². The molecule has 1 unspecified atom stereocenters. The van der Waals surface area contributed by atoms with Gasteiger partial charge >= 0.3 is 18.5 Å². The number of hydrogen-bond acceptors (Lipinski definition) is 5. The lowest BCUT2D eigenvalue weighted by atomic mass is 9.80. The van der Waals surface area contributed by atoms with Gasteiger partial charge in [0.25, 0.3) is 0 Å². The average Bonchev–Trinajstić information content (AvgIpc) is 3.18. The van der Waals surface area contributed by atoms with Crippen LogP contribution >= 0.6 is 0 Å². The third kappa shape index (κ3) is 5.44. The van der Waals surface area contributed by atoms with Crippen molar-refractivity contribution >= 4 is 6.29 Å². The van der Waals surface area contributed by atoms with Crippen LogP contribution in [0.5, 0.6) is 0 Å². The van der Waals surface area contributed by atoms with Crippen molar-refractivity contribution in [2.75, 3.05) is 0 Å². The van der Waals surface area contributed by atoms with E-state index in [0.717, 1.165) is 10.9 Å². The van der Waals surface area contributed by atoms with Gasteiger partial charge < -0.3 is 5.73 Å². The predicted molar refractivity (Wildman–Crippen MR) is 101 cm³/mol. The van der Waals surface area contributed by atoms with Crippen LogP contribution in [0.4, 0.5) is 39.5 Å². The van der Waals surface area contributed by atoms with Crippen LogP contribution in [-0.2, 0) is 37.5 Å². The first-order valence-electron chi connectivity index (χ1n) is 9.44. The highest BCUT2D eigenvalue weighted by Gasteiger charge is 2.42. The second-order valence-corrected chi connectivity index (χ2v) is 7.58. The molecule has 0 aliphatic heterocycles. The van der Waals surface area contributed by atoms with Gasteiger partial charge in [0.15, 0.2) is 5.82 Å². The van der Waals surface area contributed by atoms with Gasteiger partial charge in [-0.05, 0) is 46.7 Å². The number of tetrazole rings is 1. The molecule has 1 atom stereocenters. The normalized spacial score (nSPS) is 14.6. The lowest BCUT2D eigenvalue weighted by Crippen LogP contribution is -2.43. The Morgan fingerprint density at radius 3 is 1.83 bits per heavy atom. The summed E-state index contributed by atoms with van der Waals surface area (Å²) in [5.74, 6) is -0.534. The van der Waals surface area contributed by atoms with Crippen molar-refractivity contribution in [2.45, 2.75) is 30.5 Å². The number of aldehydes is 1. The van der Waals surface area contributed by atoms with Crippen LogP contribution in [-0.4, -0.2) is 26.5 Å². The zero-order valence-electron chi connectivity index (χ0n) is 17.4. The number of nitrogens with two attached hydrogens (primary N) is 1. The largest absolute Gasteiger partial charge is 0.416 e. The summed E-state index contributed by atoms with van der Waals surface area (Å²) in [5.41, 5.74) is -2.25. The topological polar surface area (TPSA) is 86.7 Å². The number of carbonyl (C=O) groups is 1. The summed E-state index contributed by atoms with van der Waals surface area (Å²) in [6.45, 7) is 0. The third-order valence-electron chi connectivity index (χ3n) is 5.03. The molecule has 15 heteroatoms. The maximum atomic E-state index is 13.4. The van der Waals surface area contributed by atoms with Crippen molar-refractivity contribution in [1.82, 2.24) is 20.2 Å². The van der Waals surface area contributed by atoms with Gasteiger partial charge in [0.1, 0.15) is 11.8 Å². The zero-order valence-corrected chi connectivity index (χ0v) is 17.4. The Morgan fingerprint density at radius 1 is 0.857 bits per heavy atom. The Balaban J connectivity index is 2.30. The molecule has 3 aromatic rings. The fraction of sp³-hybridized carbons (Fsp3) is 0.300. The fourth-order valence-corrected chi connectivity index (χ4v) is 3.42. The monoisotopic (exact) mass is 511 g/mol. The van der Waals surface area contributed by atoms with Gasteiger partial charge in [-0.1, -0.05) is 6.07 Å². The molecular weight excluding hydrogens is 497 g/mol. The van der Waals surface area contributed by atoms with E-state index in [1.165, 1.54) is 7.05 Å². The van der Waals surface area contributed by atoms with Crippen molar-refractivity contribution in [1.29, 1.82) is 0 Å². The second kappa shape index (κ2) is 8.62. The molecule has 0 radical (unpaired) electrons. The molecule has 2 N–H and O–H groups in total. The van der Waals surface area contributed by atoms with E-state index in [1.807, 2.05) is 0 Å². The smallest absolute Gasteiger partial charge is 0.315 e. The molecule has 6 nitrogen and oxygen atoms in total. The average molecular weight is 511 g/mol. The lowest BCUT2D eigenvalue weighted by Gasteiger charge is -2.29.